The highest BCUT2D eigenvalue weighted by atomic mass is 15.2. The van der Waals surface area contributed by atoms with Gasteiger partial charge in [0.1, 0.15) is 0 Å². The van der Waals surface area contributed by atoms with Crippen molar-refractivity contribution < 1.29 is 0 Å². The second-order valence-electron chi connectivity index (χ2n) is 5.82. The van der Waals surface area contributed by atoms with E-state index in [1.807, 2.05) is 12.4 Å². The molecule has 0 saturated heterocycles. The van der Waals surface area contributed by atoms with Gasteiger partial charge in [0.25, 0.3) is 0 Å². The van der Waals surface area contributed by atoms with Gasteiger partial charge in [0.2, 0.25) is 0 Å². The normalized spacial score (nSPS) is 14.9. The summed E-state index contributed by atoms with van der Waals surface area (Å²) in [6, 6.07) is 3.44. The number of hydrogen-bond acceptors (Lipinski definition) is 3. The van der Waals surface area contributed by atoms with E-state index >= 15 is 0 Å². The quantitative estimate of drug-likeness (QED) is 0.778. The van der Waals surface area contributed by atoms with Crippen LogP contribution in [0.15, 0.2) is 18.5 Å². The fourth-order valence-electron chi connectivity index (χ4n) is 2.35. The van der Waals surface area contributed by atoms with Gasteiger partial charge in [-0.25, -0.2) is 0 Å². The van der Waals surface area contributed by atoms with Gasteiger partial charge in [0.05, 0.1) is 11.9 Å². The zero-order valence-electron chi connectivity index (χ0n) is 12.5. The number of anilines is 1. The highest BCUT2D eigenvalue weighted by molar-refractivity contribution is 5.53. The number of aromatic nitrogens is 1. The summed E-state index contributed by atoms with van der Waals surface area (Å²) < 4.78 is 0. The molecule has 1 aromatic heterocycles. The van der Waals surface area contributed by atoms with Crippen LogP contribution in [0.4, 0.5) is 5.69 Å². The molecule has 3 nitrogen and oxygen atoms in total. The molecule has 1 aromatic rings. The Morgan fingerprint density at radius 1 is 1.42 bits per heavy atom. The van der Waals surface area contributed by atoms with Gasteiger partial charge >= 0.3 is 0 Å². The maximum atomic E-state index is 4.34. The lowest BCUT2D eigenvalue weighted by Crippen LogP contribution is -2.29. The van der Waals surface area contributed by atoms with Crippen LogP contribution in [0.25, 0.3) is 0 Å². The standard InChI is InChI=1S/C16H27N3/c1-4-5-10-19(15-6-7-15)16-12-17-9-8-14(16)11-18-13(2)3/h8-9,12-13,15,18H,4-7,10-11H2,1-3H3. The van der Waals surface area contributed by atoms with E-state index in [4.69, 9.17) is 0 Å². The third kappa shape index (κ3) is 4.20. The summed E-state index contributed by atoms with van der Waals surface area (Å²) in [5, 5.41) is 3.52. The van der Waals surface area contributed by atoms with Crippen LogP contribution in [0, 0.1) is 0 Å². The molecule has 1 fully saturated rings. The smallest absolute Gasteiger partial charge is 0.0600 e. The molecule has 0 unspecified atom stereocenters. The fourth-order valence-corrected chi connectivity index (χ4v) is 2.35. The minimum Gasteiger partial charge on any atom is -0.367 e. The molecule has 2 rings (SSSR count). The van der Waals surface area contributed by atoms with E-state index in [0.29, 0.717) is 6.04 Å². The molecule has 3 heteroatoms. The summed E-state index contributed by atoms with van der Waals surface area (Å²) in [6.07, 6.45) is 9.16. The molecule has 0 amide bonds. The average Bonchev–Trinajstić information content (AvgIpc) is 3.22. The number of unbranched alkanes of at least 4 members (excludes halogenated alkanes) is 1. The Morgan fingerprint density at radius 2 is 2.21 bits per heavy atom. The number of nitrogens with zero attached hydrogens (tertiary/aromatic N) is 2. The van der Waals surface area contributed by atoms with Crippen LogP contribution >= 0.6 is 0 Å². The Morgan fingerprint density at radius 3 is 2.84 bits per heavy atom. The zero-order valence-corrected chi connectivity index (χ0v) is 12.5. The second-order valence-corrected chi connectivity index (χ2v) is 5.82. The Hall–Kier alpha value is -1.09. The molecule has 0 aliphatic heterocycles. The molecule has 1 heterocycles. The molecule has 0 radical (unpaired) electrons. The van der Waals surface area contributed by atoms with Crippen molar-refractivity contribution in [1.82, 2.24) is 10.3 Å². The van der Waals surface area contributed by atoms with Gasteiger partial charge in [-0.15, -0.1) is 0 Å². The highest BCUT2D eigenvalue weighted by Gasteiger charge is 2.29. The molecule has 0 atom stereocenters. The van der Waals surface area contributed by atoms with Crippen LogP contribution in [0.1, 0.15) is 52.0 Å². The average molecular weight is 261 g/mol. The van der Waals surface area contributed by atoms with Crippen LogP contribution in [0.5, 0.6) is 0 Å². The van der Waals surface area contributed by atoms with Crippen LogP contribution < -0.4 is 10.2 Å². The molecule has 0 aromatic carbocycles. The lowest BCUT2D eigenvalue weighted by Gasteiger charge is -2.27. The van der Waals surface area contributed by atoms with Crippen LogP contribution in [-0.2, 0) is 6.54 Å². The molecule has 1 saturated carbocycles. The number of hydrogen-bond donors (Lipinski definition) is 1. The van der Waals surface area contributed by atoms with E-state index in [1.165, 1.54) is 43.5 Å². The largest absolute Gasteiger partial charge is 0.367 e. The lowest BCUT2D eigenvalue weighted by atomic mass is 10.1. The maximum absolute atomic E-state index is 4.34. The zero-order chi connectivity index (χ0) is 13.7. The molecule has 19 heavy (non-hydrogen) atoms. The van der Waals surface area contributed by atoms with Gasteiger partial charge in [-0.05, 0) is 30.9 Å². The van der Waals surface area contributed by atoms with E-state index in [1.54, 1.807) is 0 Å². The third-order valence-corrected chi connectivity index (χ3v) is 3.64. The van der Waals surface area contributed by atoms with Crippen molar-refractivity contribution in [2.45, 2.75) is 65.1 Å². The van der Waals surface area contributed by atoms with E-state index in [0.717, 1.165) is 12.6 Å². The predicted molar refractivity (Wildman–Crippen MR) is 81.5 cm³/mol. The Bertz CT molecular complexity index is 385. The van der Waals surface area contributed by atoms with Crippen molar-refractivity contribution in [1.29, 1.82) is 0 Å². The van der Waals surface area contributed by atoms with Gasteiger partial charge in [0, 0.05) is 31.4 Å². The molecule has 0 bridgehead atoms. The summed E-state index contributed by atoms with van der Waals surface area (Å²) >= 11 is 0. The van der Waals surface area contributed by atoms with Crippen molar-refractivity contribution in [3.63, 3.8) is 0 Å². The molecule has 1 aliphatic carbocycles. The van der Waals surface area contributed by atoms with Crippen LogP contribution in [0.2, 0.25) is 0 Å². The molecule has 1 aliphatic rings. The summed E-state index contributed by atoms with van der Waals surface area (Å²) in [4.78, 5) is 6.92. The van der Waals surface area contributed by atoms with Crippen molar-refractivity contribution in [3.8, 4) is 0 Å². The minimum absolute atomic E-state index is 0.519. The van der Waals surface area contributed by atoms with Crippen LogP contribution in [0.3, 0.4) is 0 Å². The summed E-state index contributed by atoms with van der Waals surface area (Å²) in [7, 11) is 0. The summed E-state index contributed by atoms with van der Waals surface area (Å²) in [6.45, 7) is 8.75. The molecular formula is C16H27N3. The lowest BCUT2D eigenvalue weighted by molar-refractivity contribution is 0.586. The molecule has 0 spiro atoms. The SMILES string of the molecule is CCCCN(c1cnccc1CNC(C)C)C1CC1. The Kier molecular flexibility index (Phi) is 5.20. The monoisotopic (exact) mass is 261 g/mol. The minimum atomic E-state index is 0.519. The van der Waals surface area contributed by atoms with Crippen LogP contribution in [-0.4, -0.2) is 23.6 Å². The van der Waals surface area contributed by atoms with E-state index in [2.05, 4.69) is 42.0 Å². The van der Waals surface area contributed by atoms with Gasteiger partial charge < -0.3 is 10.2 Å². The molecule has 106 valence electrons. The predicted octanol–water partition coefficient (Wildman–Crippen LogP) is 3.35. The molecule has 1 N–H and O–H groups in total. The van der Waals surface area contributed by atoms with Crippen molar-refractivity contribution in [2.75, 3.05) is 11.4 Å². The first-order valence-electron chi connectivity index (χ1n) is 7.65. The first-order valence-corrected chi connectivity index (χ1v) is 7.65. The van der Waals surface area contributed by atoms with Crippen molar-refractivity contribution in [2.24, 2.45) is 0 Å². The number of rotatable bonds is 8. The second kappa shape index (κ2) is 6.90. The third-order valence-electron chi connectivity index (χ3n) is 3.64. The van der Waals surface area contributed by atoms with E-state index in [9.17, 15) is 0 Å². The fraction of sp³-hybridized carbons (Fsp3) is 0.688. The van der Waals surface area contributed by atoms with E-state index in [-0.39, 0.29) is 0 Å². The number of pyridine rings is 1. The van der Waals surface area contributed by atoms with Crippen molar-refractivity contribution >= 4 is 5.69 Å². The highest BCUT2D eigenvalue weighted by Crippen LogP contribution is 2.33. The number of nitrogens with one attached hydrogen (secondary N) is 1. The first kappa shape index (κ1) is 14.3. The first-order chi connectivity index (χ1) is 9.22. The molecular weight excluding hydrogens is 234 g/mol. The maximum Gasteiger partial charge on any atom is 0.0600 e. The van der Waals surface area contributed by atoms with Gasteiger partial charge in [-0.3, -0.25) is 4.98 Å². The summed E-state index contributed by atoms with van der Waals surface area (Å²) in [5.41, 5.74) is 2.72. The topological polar surface area (TPSA) is 28.2 Å². The van der Waals surface area contributed by atoms with Gasteiger partial charge in [-0.2, -0.15) is 0 Å². The Balaban J connectivity index is 2.11. The Labute approximate surface area is 117 Å². The van der Waals surface area contributed by atoms with Gasteiger partial charge in [0.15, 0.2) is 0 Å². The van der Waals surface area contributed by atoms with Crippen molar-refractivity contribution in [3.05, 3.63) is 24.0 Å². The van der Waals surface area contributed by atoms with E-state index < -0.39 is 0 Å². The summed E-state index contributed by atoms with van der Waals surface area (Å²) in [5.74, 6) is 0. The van der Waals surface area contributed by atoms with Gasteiger partial charge in [-0.1, -0.05) is 27.2 Å².